The number of carbonyl (C=O) groups is 1. The Bertz CT molecular complexity index is 910. The fourth-order valence-electron chi connectivity index (χ4n) is 2.48. The number of para-hydroxylation sites is 1. The van der Waals surface area contributed by atoms with Crippen molar-refractivity contribution in [1.82, 2.24) is 9.55 Å². The van der Waals surface area contributed by atoms with E-state index in [9.17, 15) is 18.0 Å². The maximum absolute atomic E-state index is 12.7. The zero-order chi connectivity index (χ0) is 20.2. The summed E-state index contributed by atoms with van der Waals surface area (Å²) in [5.41, 5.74) is -2.10. The topological polar surface area (TPSA) is 53.4 Å². The Morgan fingerprint density at radius 2 is 1.75 bits per heavy atom. The molecule has 1 unspecified atom stereocenters. The lowest BCUT2D eigenvalue weighted by atomic mass is 10.1. The first-order chi connectivity index (χ1) is 13.3. The summed E-state index contributed by atoms with van der Waals surface area (Å²) in [5.74, 6) is -0.194. The van der Waals surface area contributed by atoms with Crippen LogP contribution in [0.4, 0.5) is 13.2 Å². The molecule has 0 aliphatic rings. The van der Waals surface area contributed by atoms with Crippen LogP contribution in [-0.4, -0.2) is 22.1 Å². The largest absolute Gasteiger partial charge is 0.487 e. The van der Waals surface area contributed by atoms with Gasteiger partial charge < -0.3 is 9.47 Å². The van der Waals surface area contributed by atoms with E-state index in [1.54, 1.807) is 42.0 Å². The van der Waals surface area contributed by atoms with E-state index in [1.165, 1.54) is 12.5 Å². The Kier molecular flexibility index (Phi) is 5.39. The second-order valence-corrected chi connectivity index (χ2v) is 6.21. The number of hydrogen-bond donors (Lipinski definition) is 0. The molecule has 0 bridgehead atoms. The van der Waals surface area contributed by atoms with Gasteiger partial charge in [-0.1, -0.05) is 18.2 Å². The number of rotatable bonds is 6. The molecule has 3 aromatic rings. The minimum Gasteiger partial charge on any atom is -0.487 e. The van der Waals surface area contributed by atoms with Crippen molar-refractivity contribution in [1.29, 1.82) is 0 Å². The molecule has 0 aliphatic carbocycles. The first-order valence-electron chi connectivity index (χ1n) is 8.35. The first kappa shape index (κ1) is 19.5. The third kappa shape index (κ3) is 4.51. The number of esters is 1. The summed E-state index contributed by atoms with van der Waals surface area (Å²) in [7, 11) is 0. The molecule has 0 aliphatic heterocycles. The van der Waals surface area contributed by atoms with Gasteiger partial charge in [0.15, 0.2) is 0 Å². The zero-order valence-electron chi connectivity index (χ0n) is 14.9. The molecule has 0 fully saturated rings. The molecule has 5 nitrogen and oxygen atoms in total. The van der Waals surface area contributed by atoms with Crippen molar-refractivity contribution in [2.75, 3.05) is 6.61 Å². The van der Waals surface area contributed by atoms with E-state index in [0.717, 1.165) is 24.3 Å². The molecular weight excluding hydrogens is 373 g/mol. The van der Waals surface area contributed by atoms with Gasteiger partial charge in [0.05, 0.1) is 17.5 Å². The van der Waals surface area contributed by atoms with Crippen LogP contribution >= 0.6 is 0 Å². The quantitative estimate of drug-likeness (QED) is 0.581. The van der Waals surface area contributed by atoms with Gasteiger partial charge in [0.25, 0.3) is 0 Å². The van der Waals surface area contributed by atoms with Crippen LogP contribution in [0.15, 0.2) is 73.3 Å². The van der Waals surface area contributed by atoms with Crippen LogP contribution in [0.25, 0.3) is 0 Å². The van der Waals surface area contributed by atoms with Gasteiger partial charge in [-0.05, 0) is 43.3 Å². The second kappa shape index (κ2) is 7.75. The van der Waals surface area contributed by atoms with Crippen molar-refractivity contribution >= 4 is 5.97 Å². The lowest BCUT2D eigenvalue weighted by molar-refractivity contribution is -0.137. The van der Waals surface area contributed by atoms with Crippen LogP contribution in [0.5, 0.6) is 5.75 Å². The highest BCUT2D eigenvalue weighted by atomic mass is 19.4. The van der Waals surface area contributed by atoms with E-state index >= 15 is 0 Å². The Labute approximate surface area is 159 Å². The van der Waals surface area contributed by atoms with E-state index in [1.807, 2.05) is 6.07 Å². The maximum atomic E-state index is 12.7. The number of nitrogens with zero attached hydrogens (tertiary/aromatic N) is 2. The summed E-state index contributed by atoms with van der Waals surface area (Å²) >= 11 is 0. The summed E-state index contributed by atoms with van der Waals surface area (Å²) in [4.78, 5) is 16.5. The van der Waals surface area contributed by atoms with Crippen LogP contribution in [-0.2, 0) is 16.6 Å². The van der Waals surface area contributed by atoms with Gasteiger partial charge in [-0.25, -0.2) is 9.78 Å². The highest BCUT2D eigenvalue weighted by Gasteiger charge is 2.34. The van der Waals surface area contributed by atoms with E-state index in [0.29, 0.717) is 5.75 Å². The monoisotopic (exact) mass is 390 g/mol. The molecule has 0 saturated heterocycles. The van der Waals surface area contributed by atoms with Gasteiger partial charge in [0, 0.05) is 12.4 Å². The number of aromatic nitrogens is 2. The third-order valence-corrected chi connectivity index (χ3v) is 4.06. The zero-order valence-corrected chi connectivity index (χ0v) is 14.9. The van der Waals surface area contributed by atoms with Crippen molar-refractivity contribution < 1.29 is 27.4 Å². The Hall–Kier alpha value is -3.29. The smallest absolute Gasteiger partial charge is 0.416 e. The standard InChI is InChI=1S/C20H17F3N2O3/c1-19(25-12-11-24-14-25,13-27-17-5-3-2-4-6-17)28-18(26)15-7-9-16(10-8-15)20(21,22)23/h2-12,14H,13H2,1H3. The van der Waals surface area contributed by atoms with Crippen LogP contribution in [0, 0.1) is 0 Å². The van der Waals surface area contributed by atoms with Crippen molar-refractivity contribution in [3.05, 3.63) is 84.4 Å². The van der Waals surface area contributed by atoms with Crippen LogP contribution < -0.4 is 4.74 Å². The number of halogens is 3. The van der Waals surface area contributed by atoms with Crippen molar-refractivity contribution in [2.24, 2.45) is 0 Å². The molecule has 146 valence electrons. The van der Waals surface area contributed by atoms with Gasteiger partial charge in [-0.15, -0.1) is 0 Å². The average Bonchev–Trinajstić information content (AvgIpc) is 3.22. The third-order valence-electron chi connectivity index (χ3n) is 4.06. The number of benzene rings is 2. The summed E-state index contributed by atoms with van der Waals surface area (Å²) < 4.78 is 51.0. The molecule has 0 radical (unpaired) electrons. The fraction of sp³-hybridized carbons (Fsp3) is 0.200. The molecule has 1 aromatic heterocycles. The van der Waals surface area contributed by atoms with Gasteiger partial charge in [0.2, 0.25) is 5.72 Å². The molecule has 0 amide bonds. The summed E-state index contributed by atoms with van der Waals surface area (Å²) in [5, 5.41) is 0. The molecule has 0 spiro atoms. The number of hydrogen-bond acceptors (Lipinski definition) is 4. The minimum absolute atomic E-state index is 0.000878. The Morgan fingerprint density at radius 1 is 1.07 bits per heavy atom. The summed E-state index contributed by atoms with van der Waals surface area (Å²) in [6.45, 7) is 1.60. The van der Waals surface area contributed by atoms with Crippen LogP contribution in [0.1, 0.15) is 22.8 Å². The van der Waals surface area contributed by atoms with Crippen LogP contribution in [0.2, 0.25) is 0 Å². The molecule has 1 atom stereocenters. The number of carbonyl (C=O) groups excluding carboxylic acids is 1. The highest BCUT2D eigenvalue weighted by molar-refractivity contribution is 5.89. The lowest BCUT2D eigenvalue weighted by Gasteiger charge is -2.30. The SMILES string of the molecule is CC(COc1ccccc1)(OC(=O)c1ccc(C(F)(F)F)cc1)n1ccnc1. The number of imidazole rings is 1. The van der Waals surface area contributed by atoms with Gasteiger partial charge in [-0.3, -0.25) is 4.57 Å². The van der Waals surface area contributed by atoms with Crippen molar-refractivity contribution in [2.45, 2.75) is 18.8 Å². The van der Waals surface area contributed by atoms with Gasteiger partial charge in [-0.2, -0.15) is 13.2 Å². The fourth-order valence-corrected chi connectivity index (χ4v) is 2.48. The number of ether oxygens (including phenoxy) is 2. The molecule has 0 N–H and O–H groups in total. The Balaban J connectivity index is 1.78. The van der Waals surface area contributed by atoms with Crippen LogP contribution in [0.3, 0.4) is 0 Å². The molecule has 3 rings (SSSR count). The maximum Gasteiger partial charge on any atom is 0.416 e. The van der Waals surface area contributed by atoms with E-state index in [4.69, 9.17) is 9.47 Å². The molecule has 2 aromatic carbocycles. The van der Waals surface area contributed by atoms with Gasteiger partial charge >= 0.3 is 12.1 Å². The number of alkyl halides is 3. The predicted octanol–water partition coefficient (Wildman–Crippen LogP) is 4.51. The minimum atomic E-state index is -4.47. The molecule has 0 saturated carbocycles. The molecule has 28 heavy (non-hydrogen) atoms. The van der Waals surface area contributed by atoms with Gasteiger partial charge in [0.1, 0.15) is 12.4 Å². The first-order valence-corrected chi connectivity index (χ1v) is 8.35. The summed E-state index contributed by atoms with van der Waals surface area (Å²) in [6.07, 6.45) is 0.118. The van der Waals surface area contributed by atoms with E-state index in [2.05, 4.69) is 4.98 Å². The van der Waals surface area contributed by atoms with Crippen molar-refractivity contribution in [3.63, 3.8) is 0 Å². The van der Waals surface area contributed by atoms with E-state index < -0.39 is 23.4 Å². The molecule has 1 heterocycles. The van der Waals surface area contributed by atoms with E-state index in [-0.39, 0.29) is 12.2 Å². The normalized spacial score (nSPS) is 13.6. The Morgan fingerprint density at radius 3 is 2.32 bits per heavy atom. The highest BCUT2D eigenvalue weighted by Crippen LogP contribution is 2.29. The lowest BCUT2D eigenvalue weighted by Crippen LogP contribution is -2.40. The predicted molar refractivity (Wildman–Crippen MR) is 94.7 cm³/mol. The average molecular weight is 390 g/mol. The molecular formula is C20H17F3N2O3. The molecule has 8 heteroatoms. The summed E-state index contributed by atoms with van der Waals surface area (Å²) in [6, 6.07) is 12.8. The van der Waals surface area contributed by atoms with Crippen molar-refractivity contribution in [3.8, 4) is 5.75 Å². The second-order valence-electron chi connectivity index (χ2n) is 6.21.